The molecule has 1 aromatic heterocycles. The van der Waals surface area contributed by atoms with Gasteiger partial charge in [0.1, 0.15) is 5.69 Å². The molecule has 0 aliphatic rings. The average Bonchev–Trinajstić information content (AvgIpc) is 3.29. The number of sulfonamides is 1. The summed E-state index contributed by atoms with van der Waals surface area (Å²) in [6.07, 6.45) is -4.45. The molecule has 0 saturated carbocycles. The summed E-state index contributed by atoms with van der Waals surface area (Å²) in [5.74, 6) is -0.376. The molecular weight excluding hydrogens is 551 g/mol. The molecule has 0 aliphatic carbocycles. The zero-order valence-electron chi connectivity index (χ0n) is 21.9. The fourth-order valence-corrected chi connectivity index (χ4v) is 5.52. The molecule has 5 aromatic rings. The van der Waals surface area contributed by atoms with E-state index in [0.717, 1.165) is 23.3 Å². The van der Waals surface area contributed by atoms with Crippen LogP contribution in [0.4, 0.5) is 18.9 Å². The third kappa shape index (κ3) is 6.44. The number of hydrogen-bond acceptors (Lipinski definition) is 3. The van der Waals surface area contributed by atoms with E-state index in [1.165, 1.54) is 24.3 Å². The van der Waals surface area contributed by atoms with Crippen molar-refractivity contribution in [2.45, 2.75) is 31.1 Å². The second kappa shape index (κ2) is 11.1. The first kappa shape index (κ1) is 28.0. The number of amides is 1. The summed E-state index contributed by atoms with van der Waals surface area (Å²) in [4.78, 5) is 13.4. The summed E-state index contributed by atoms with van der Waals surface area (Å²) in [6.45, 7) is 2.27. The summed E-state index contributed by atoms with van der Waals surface area (Å²) >= 11 is 0. The number of aromatic nitrogens is 1. The zero-order valence-corrected chi connectivity index (χ0v) is 22.8. The standard InChI is InChI=1S/C31H26F3N3O3S/c1-21-7-14-27(15-8-21)41(39,40)36-26-13-16-28-24(17-26)18-29(30(38)35-19-22-5-3-2-4-6-22)37(28)20-23-9-11-25(12-10-23)31(32,33)34/h2-18,36H,19-20H2,1H3,(H,35,38). The quantitative estimate of drug-likeness (QED) is 0.214. The molecule has 10 heteroatoms. The van der Waals surface area contributed by atoms with Crippen molar-refractivity contribution in [1.82, 2.24) is 9.88 Å². The summed E-state index contributed by atoms with van der Waals surface area (Å²) in [7, 11) is -3.85. The lowest BCUT2D eigenvalue weighted by molar-refractivity contribution is -0.137. The first-order valence-electron chi connectivity index (χ1n) is 12.7. The van der Waals surface area contributed by atoms with Crippen molar-refractivity contribution < 1.29 is 26.4 Å². The Morgan fingerprint density at radius 3 is 2.17 bits per heavy atom. The van der Waals surface area contributed by atoms with E-state index in [4.69, 9.17) is 0 Å². The van der Waals surface area contributed by atoms with Crippen LogP contribution < -0.4 is 10.0 Å². The highest BCUT2D eigenvalue weighted by Crippen LogP contribution is 2.30. The smallest absolute Gasteiger partial charge is 0.347 e. The molecule has 1 amide bonds. The van der Waals surface area contributed by atoms with Crippen LogP contribution in [-0.2, 0) is 29.3 Å². The molecule has 0 aliphatic heterocycles. The average molecular weight is 578 g/mol. The Morgan fingerprint density at radius 2 is 1.51 bits per heavy atom. The van der Waals surface area contributed by atoms with Crippen LogP contribution in [-0.4, -0.2) is 18.9 Å². The third-order valence-electron chi connectivity index (χ3n) is 6.64. The van der Waals surface area contributed by atoms with Crippen molar-refractivity contribution in [2.75, 3.05) is 4.72 Å². The molecule has 0 unspecified atom stereocenters. The Hall–Kier alpha value is -4.57. The Bertz CT molecular complexity index is 1800. The van der Waals surface area contributed by atoms with Gasteiger partial charge in [0.05, 0.1) is 10.5 Å². The van der Waals surface area contributed by atoms with Gasteiger partial charge in [-0.1, -0.05) is 60.2 Å². The molecule has 1 heterocycles. The van der Waals surface area contributed by atoms with Crippen LogP contribution in [0.25, 0.3) is 10.9 Å². The molecule has 0 spiro atoms. The van der Waals surface area contributed by atoms with Gasteiger partial charge in [-0.05, 0) is 66.6 Å². The fourth-order valence-electron chi connectivity index (χ4n) is 4.47. The van der Waals surface area contributed by atoms with Crippen molar-refractivity contribution in [1.29, 1.82) is 0 Å². The highest BCUT2D eigenvalue weighted by atomic mass is 32.2. The molecule has 0 bridgehead atoms. The lowest BCUT2D eigenvalue weighted by Crippen LogP contribution is -2.25. The van der Waals surface area contributed by atoms with Gasteiger partial charge in [0.15, 0.2) is 0 Å². The molecule has 41 heavy (non-hydrogen) atoms. The van der Waals surface area contributed by atoms with E-state index < -0.39 is 21.8 Å². The number of fused-ring (bicyclic) bond motifs is 1. The lowest BCUT2D eigenvalue weighted by atomic mass is 10.1. The van der Waals surface area contributed by atoms with Crippen molar-refractivity contribution in [3.63, 3.8) is 0 Å². The van der Waals surface area contributed by atoms with E-state index in [2.05, 4.69) is 10.0 Å². The number of carbonyl (C=O) groups is 1. The number of anilines is 1. The maximum atomic E-state index is 13.3. The van der Waals surface area contributed by atoms with Crippen LogP contribution in [0, 0.1) is 6.92 Å². The van der Waals surface area contributed by atoms with Gasteiger partial charge >= 0.3 is 6.18 Å². The van der Waals surface area contributed by atoms with E-state index in [-0.39, 0.29) is 29.6 Å². The molecule has 4 aromatic carbocycles. The van der Waals surface area contributed by atoms with Gasteiger partial charge < -0.3 is 9.88 Å². The maximum absolute atomic E-state index is 13.3. The van der Waals surface area contributed by atoms with Crippen LogP contribution in [0.1, 0.15) is 32.7 Å². The maximum Gasteiger partial charge on any atom is 0.416 e. The largest absolute Gasteiger partial charge is 0.416 e. The number of nitrogens with zero attached hydrogens (tertiary/aromatic N) is 1. The number of aryl methyl sites for hydroxylation is 1. The van der Waals surface area contributed by atoms with Crippen LogP contribution >= 0.6 is 0 Å². The molecule has 0 fully saturated rings. The normalized spacial score (nSPS) is 11.9. The lowest BCUT2D eigenvalue weighted by Gasteiger charge is -2.13. The minimum Gasteiger partial charge on any atom is -0.347 e. The van der Waals surface area contributed by atoms with Gasteiger partial charge in [-0.3, -0.25) is 9.52 Å². The Balaban J connectivity index is 1.48. The second-order valence-corrected chi connectivity index (χ2v) is 11.4. The first-order valence-corrected chi connectivity index (χ1v) is 14.2. The van der Waals surface area contributed by atoms with E-state index in [0.29, 0.717) is 22.2 Å². The molecule has 210 valence electrons. The second-order valence-electron chi connectivity index (χ2n) is 9.67. The predicted octanol–water partition coefficient (Wildman–Crippen LogP) is 6.75. The summed E-state index contributed by atoms with van der Waals surface area (Å²) < 4.78 is 69.4. The van der Waals surface area contributed by atoms with Gasteiger partial charge in [0.25, 0.3) is 15.9 Å². The number of alkyl halides is 3. The first-order chi connectivity index (χ1) is 19.5. The molecule has 5 rings (SSSR count). The van der Waals surface area contributed by atoms with Gasteiger partial charge in [-0.2, -0.15) is 13.2 Å². The van der Waals surface area contributed by atoms with Crippen LogP contribution in [0.5, 0.6) is 0 Å². The minimum absolute atomic E-state index is 0.115. The molecule has 2 N–H and O–H groups in total. The Kier molecular flexibility index (Phi) is 7.59. The van der Waals surface area contributed by atoms with Crippen molar-refractivity contribution in [2.24, 2.45) is 0 Å². The topological polar surface area (TPSA) is 80.2 Å². The fraction of sp³-hybridized carbons (Fsp3) is 0.129. The Morgan fingerprint density at radius 1 is 0.829 bits per heavy atom. The minimum atomic E-state index is -4.45. The van der Waals surface area contributed by atoms with Crippen LogP contribution in [0.3, 0.4) is 0 Å². The number of benzene rings is 4. The molecule has 6 nitrogen and oxygen atoms in total. The van der Waals surface area contributed by atoms with E-state index in [1.54, 1.807) is 41.0 Å². The van der Waals surface area contributed by atoms with E-state index >= 15 is 0 Å². The molecular formula is C31H26F3N3O3S. The number of carbonyl (C=O) groups excluding carboxylic acids is 1. The summed E-state index contributed by atoms with van der Waals surface area (Å²) in [5, 5.41) is 3.48. The van der Waals surface area contributed by atoms with E-state index in [1.807, 2.05) is 37.3 Å². The Labute approximate surface area is 235 Å². The summed E-state index contributed by atoms with van der Waals surface area (Å²) in [6, 6.07) is 27.1. The van der Waals surface area contributed by atoms with Crippen LogP contribution in [0.15, 0.2) is 108 Å². The number of halogens is 3. The number of nitrogens with one attached hydrogen (secondary N) is 2. The number of rotatable bonds is 8. The van der Waals surface area contributed by atoms with Crippen molar-refractivity contribution in [3.8, 4) is 0 Å². The zero-order chi connectivity index (χ0) is 29.2. The van der Waals surface area contributed by atoms with Crippen molar-refractivity contribution in [3.05, 3.63) is 131 Å². The molecule has 0 radical (unpaired) electrons. The highest BCUT2D eigenvalue weighted by molar-refractivity contribution is 7.92. The van der Waals surface area contributed by atoms with Gasteiger partial charge in [0.2, 0.25) is 0 Å². The summed E-state index contributed by atoms with van der Waals surface area (Å²) in [5.41, 5.74) is 2.85. The number of hydrogen-bond donors (Lipinski definition) is 2. The predicted molar refractivity (Wildman–Crippen MR) is 152 cm³/mol. The van der Waals surface area contributed by atoms with Gasteiger partial charge in [0, 0.05) is 29.7 Å². The monoisotopic (exact) mass is 577 g/mol. The molecule has 0 atom stereocenters. The third-order valence-corrected chi connectivity index (χ3v) is 8.03. The van der Waals surface area contributed by atoms with Crippen molar-refractivity contribution >= 4 is 32.5 Å². The highest BCUT2D eigenvalue weighted by Gasteiger charge is 2.30. The molecule has 0 saturated heterocycles. The van der Waals surface area contributed by atoms with Crippen LogP contribution in [0.2, 0.25) is 0 Å². The SMILES string of the molecule is Cc1ccc(S(=O)(=O)Nc2ccc3c(c2)cc(C(=O)NCc2ccccc2)n3Cc2ccc(C(F)(F)F)cc2)cc1. The van der Waals surface area contributed by atoms with Gasteiger partial charge in [-0.25, -0.2) is 8.42 Å². The van der Waals surface area contributed by atoms with Gasteiger partial charge in [-0.15, -0.1) is 0 Å². The van der Waals surface area contributed by atoms with E-state index in [9.17, 15) is 26.4 Å².